The summed E-state index contributed by atoms with van der Waals surface area (Å²) < 4.78 is 1.19. The van der Waals surface area contributed by atoms with Gasteiger partial charge < -0.3 is 10.4 Å². The molecule has 2 N–H and O–H groups in total. The minimum absolute atomic E-state index is 0.0747. The molecular weight excluding hydrogens is 448 g/mol. The van der Waals surface area contributed by atoms with Gasteiger partial charge in [0.25, 0.3) is 5.91 Å². The van der Waals surface area contributed by atoms with E-state index in [4.69, 9.17) is 12.2 Å². The first-order valence-corrected chi connectivity index (χ1v) is 10.0. The Kier molecular flexibility index (Phi) is 6.30. The number of para-hydroxylation sites is 1. The third-order valence-corrected chi connectivity index (χ3v) is 5.64. The molecule has 27 heavy (non-hydrogen) atoms. The van der Waals surface area contributed by atoms with Gasteiger partial charge in [-0.3, -0.25) is 14.5 Å². The quantitative estimate of drug-likeness (QED) is 0.509. The van der Waals surface area contributed by atoms with Crippen molar-refractivity contribution in [3.63, 3.8) is 0 Å². The van der Waals surface area contributed by atoms with Gasteiger partial charge >= 0.3 is 0 Å². The molecule has 1 fully saturated rings. The van der Waals surface area contributed by atoms with Gasteiger partial charge in [-0.05, 0) is 36.4 Å². The largest absolute Gasteiger partial charge is 0.507 e. The van der Waals surface area contributed by atoms with E-state index in [1.165, 1.54) is 4.90 Å². The molecule has 3 rings (SSSR count). The number of thioether (sulfide) groups is 1. The minimum Gasteiger partial charge on any atom is -0.507 e. The highest BCUT2D eigenvalue weighted by Gasteiger charge is 2.32. The molecule has 8 heteroatoms. The molecule has 1 aliphatic heterocycles. The van der Waals surface area contributed by atoms with E-state index in [-0.39, 0.29) is 30.5 Å². The Morgan fingerprint density at radius 2 is 2.00 bits per heavy atom. The Morgan fingerprint density at radius 3 is 2.74 bits per heavy atom. The third kappa shape index (κ3) is 4.97. The summed E-state index contributed by atoms with van der Waals surface area (Å²) in [6.07, 6.45) is 1.74. The van der Waals surface area contributed by atoms with E-state index in [2.05, 4.69) is 21.2 Å². The highest BCUT2D eigenvalue weighted by Crippen LogP contribution is 2.34. The third-order valence-electron chi connectivity index (χ3n) is 3.77. The van der Waals surface area contributed by atoms with Crippen LogP contribution in [0.15, 0.2) is 57.9 Å². The van der Waals surface area contributed by atoms with Crippen molar-refractivity contribution in [3.05, 3.63) is 63.5 Å². The monoisotopic (exact) mass is 462 g/mol. The highest BCUT2D eigenvalue weighted by molar-refractivity contribution is 9.10. The van der Waals surface area contributed by atoms with Crippen molar-refractivity contribution < 1.29 is 14.7 Å². The molecule has 0 unspecified atom stereocenters. The summed E-state index contributed by atoms with van der Waals surface area (Å²) in [6, 6.07) is 14.1. The van der Waals surface area contributed by atoms with Crippen LogP contribution in [0.4, 0.5) is 5.69 Å². The molecule has 0 aromatic heterocycles. The standard InChI is InChI=1S/C19H15BrN2O3S2/c20-13-6-7-15(23)12(10-13)11-16-18(25)22(19(26)27-16)9-8-17(24)21-14-4-2-1-3-5-14/h1-7,10-11,23H,8-9H2,(H,21,24)/b16-11-. The Balaban J connectivity index is 1.65. The number of carbonyl (C=O) groups excluding carboxylic acids is 2. The number of hydrogen-bond acceptors (Lipinski definition) is 5. The number of anilines is 1. The van der Waals surface area contributed by atoms with Crippen molar-refractivity contribution >= 4 is 67.8 Å². The van der Waals surface area contributed by atoms with Gasteiger partial charge in [0.05, 0.1) is 4.91 Å². The Labute approximate surface area is 174 Å². The van der Waals surface area contributed by atoms with Gasteiger partial charge in [0, 0.05) is 28.7 Å². The second-order valence-electron chi connectivity index (χ2n) is 5.70. The van der Waals surface area contributed by atoms with Crippen molar-refractivity contribution in [1.82, 2.24) is 4.90 Å². The lowest BCUT2D eigenvalue weighted by Gasteiger charge is -2.14. The van der Waals surface area contributed by atoms with Crippen LogP contribution in [0.5, 0.6) is 5.75 Å². The van der Waals surface area contributed by atoms with Crippen molar-refractivity contribution in [2.45, 2.75) is 6.42 Å². The molecule has 0 atom stereocenters. The molecule has 138 valence electrons. The minimum atomic E-state index is -0.267. The van der Waals surface area contributed by atoms with E-state index in [9.17, 15) is 14.7 Å². The Morgan fingerprint density at radius 1 is 1.26 bits per heavy atom. The van der Waals surface area contributed by atoms with Gasteiger partial charge in [0.15, 0.2) is 0 Å². The SMILES string of the molecule is O=C(CCN1C(=O)/C(=C/c2cc(Br)ccc2O)SC1=S)Nc1ccccc1. The predicted molar refractivity (Wildman–Crippen MR) is 115 cm³/mol. The number of benzene rings is 2. The maximum atomic E-state index is 12.6. The number of thiocarbonyl (C=S) groups is 1. The van der Waals surface area contributed by atoms with Crippen LogP contribution in [0.2, 0.25) is 0 Å². The van der Waals surface area contributed by atoms with E-state index in [1.807, 2.05) is 18.2 Å². The number of carbonyl (C=O) groups is 2. The van der Waals surface area contributed by atoms with Crippen molar-refractivity contribution in [3.8, 4) is 5.75 Å². The van der Waals surface area contributed by atoms with E-state index >= 15 is 0 Å². The zero-order valence-electron chi connectivity index (χ0n) is 14.0. The number of aromatic hydroxyl groups is 1. The van der Waals surface area contributed by atoms with Crippen LogP contribution in [0.3, 0.4) is 0 Å². The lowest BCUT2D eigenvalue weighted by molar-refractivity contribution is -0.122. The number of hydrogen-bond donors (Lipinski definition) is 2. The first-order valence-electron chi connectivity index (χ1n) is 8.03. The van der Waals surface area contributed by atoms with Crippen LogP contribution in [0, 0.1) is 0 Å². The normalized spacial score (nSPS) is 15.4. The van der Waals surface area contributed by atoms with Crippen LogP contribution < -0.4 is 5.32 Å². The molecule has 0 bridgehead atoms. The summed E-state index contributed by atoms with van der Waals surface area (Å²) in [4.78, 5) is 26.5. The van der Waals surface area contributed by atoms with Crippen molar-refractivity contribution in [2.24, 2.45) is 0 Å². The second kappa shape index (κ2) is 8.69. The smallest absolute Gasteiger partial charge is 0.266 e. The zero-order chi connectivity index (χ0) is 19.4. The van der Waals surface area contributed by atoms with Gasteiger partial charge in [0.2, 0.25) is 5.91 Å². The van der Waals surface area contributed by atoms with Gasteiger partial charge in [-0.2, -0.15) is 0 Å². The zero-order valence-corrected chi connectivity index (χ0v) is 17.2. The fourth-order valence-electron chi connectivity index (χ4n) is 2.43. The summed E-state index contributed by atoms with van der Waals surface area (Å²) in [5.74, 6) is -0.383. The number of rotatable bonds is 5. The fraction of sp³-hybridized carbons (Fsp3) is 0.105. The number of nitrogens with one attached hydrogen (secondary N) is 1. The molecule has 5 nitrogen and oxygen atoms in total. The van der Waals surface area contributed by atoms with Crippen LogP contribution >= 0.6 is 39.9 Å². The van der Waals surface area contributed by atoms with E-state index in [0.29, 0.717) is 20.5 Å². The summed E-state index contributed by atoms with van der Waals surface area (Å²) >= 11 is 9.77. The number of amides is 2. The van der Waals surface area contributed by atoms with Crippen LogP contribution in [-0.2, 0) is 9.59 Å². The van der Waals surface area contributed by atoms with Gasteiger partial charge in [-0.1, -0.05) is 58.1 Å². The van der Waals surface area contributed by atoms with Crippen LogP contribution in [-0.4, -0.2) is 32.7 Å². The van der Waals surface area contributed by atoms with Gasteiger partial charge in [-0.15, -0.1) is 0 Å². The second-order valence-corrected chi connectivity index (χ2v) is 8.29. The summed E-state index contributed by atoms with van der Waals surface area (Å²) in [7, 11) is 0. The first-order chi connectivity index (χ1) is 12.9. The molecule has 1 saturated heterocycles. The summed E-state index contributed by atoms with van der Waals surface area (Å²) in [5.41, 5.74) is 1.23. The number of nitrogens with zero attached hydrogens (tertiary/aromatic N) is 1. The van der Waals surface area contributed by atoms with Crippen molar-refractivity contribution in [1.29, 1.82) is 0 Å². The van der Waals surface area contributed by atoms with Gasteiger partial charge in [-0.25, -0.2) is 0 Å². The molecule has 0 aliphatic carbocycles. The molecule has 2 aromatic rings. The van der Waals surface area contributed by atoms with Crippen molar-refractivity contribution in [2.75, 3.05) is 11.9 Å². The molecular formula is C19H15BrN2O3S2. The van der Waals surface area contributed by atoms with Crippen LogP contribution in [0.1, 0.15) is 12.0 Å². The lowest BCUT2D eigenvalue weighted by atomic mass is 10.2. The Hall–Kier alpha value is -2.16. The summed E-state index contributed by atoms with van der Waals surface area (Å²) in [6.45, 7) is 0.200. The van der Waals surface area contributed by atoms with Crippen LogP contribution in [0.25, 0.3) is 6.08 Å². The van der Waals surface area contributed by atoms with E-state index in [0.717, 1.165) is 16.2 Å². The average Bonchev–Trinajstić information content (AvgIpc) is 2.90. The predicted octanol–water partition coefficient (Wildman–Crippen LogP) is 4.38. The average molecular weight is 463 g/mol. The summed E-state index contributed by atoms with van der Waals surface area (Å²) in [5, 5.41) is 12.7. The molecule has 0 spiro atoms. The maximum absolute atomic E-state index is 12.6. The lowest BCUT2D eigenvalue weighted by Crippen LogP contribution is -2.31. The number of halogens is 1. The first kappa shape index (κ1) is 19.6. The number of phenols is 1. The number of phenolic OH excluding ortho intramolecular Hbond substituents is 1. The molecule has 2 aromatic carbocycles. The Bertz CT molecular complexity index is 932. The molecule has 2 amide bonds. The topological polar surface area (TPSA) is 69.6 Å². The molecule has 1 aliphatic rings. The molecule has 0 radical (unpaired) electrons. The van der Waals surface area contributed by atoms with E-state index in [1.54, 1.807) is 36.4 Å². The highest BCUT2D eigenvalue weighted by atomic mass is 79.9. The van der Waals surface area contributed by atoms with E-state index < -0.39 is 0 Å². The maximum Gasteiger partial charge on any atom is 0.266 e. The molecule has 0 saturated carbocycles. The molecule has 1 heterocycles. The van der Waals surface area contributed by atoms with Gasteiger partial charge in [0.1, 0.15) is 10.1 Å². The fourth-order valence-corrected chi connectivity index (χ4v) is 4.11.